The van der Waals surface area contributed by atoms with Gasteiger partial charge in [-0.15, -0.1) is 0 Å². The maximum Gasteiger partial charge on any atom is 0.319 e. The molecule has 3 N–H and O–H groups in total. The zero-order valence-electron chi connectivity index (χ0n) is 12.1. The van der Waals surface area contributed by atoms with E-state index in [1.165, 1.54) is 0 Å². The molecule has 0 fully saturated rings. The van der Waals surface area contributed by atoms with Crippen molar-refractivity contribution < 1.29 is 9.90 Å². The molecule has 0 aromatic carbocycles. The maximum absolute atomic E-state index is 11.7. The monoisotopic (exact) mass is 268 g/mol. The van der Waals surface area contributed by atoms with Crippen LogP contribution in [0, 0.1) is 5.92 Å². The molecule has 1 aromatic rings. The lowest BCUT2D eigenvalue weighted by Crippen LogP contribution is -2.32. The molecule has 0 aliphatic carbocycles. The number of carbonyl (C=O) groups excluding carboxylic acids is 1. The van der Waals surface area contributed by atoms with Crippen LogP contribution in [0.5, 0.6) is 0 Å². The second-order valence-electron chi connectivity index (χ2n) is 5.80. The summed E-state index contributed by atoms with van der Waals surface area (Å²) >= 11 is 0. The van der Waals surface area contributed by atoms with Gasteiger partial charge in [0.2, 0.25) is 0 Å². The van der Waals surface area contributed by atoms with Crippen LogP contribution in [0.4, 0.5) is 10.5 Å². The van der Waals surface area contributed by atoms with Gasteiger partial charge in [0.25, 0.3) is 0 Å². The molecule has 1 rings (SSSR count). The van der Waals surface area contributed by atoms with Gasteiger partial charge in [-0.1, -0.05) is 6.92 Å². The van der Waals surface area contributed by atoms with Crippen molar-refractivity contribution in [2.45, 2.75) is 39.7 Å². The maximum atomic E-state index is 11.7. The number of urea groups is 1. The Hall–Kier alpha value is -1.56. The van der Waals surface area contributed by atoms with E-state index in [2.05, 4.69) is 15.7 Å². The number of hydrogen-bond acceptors (Lipinski definition) is 3. The third-order valence-corrected chi connectivity index (χ3v) is 2.76. The highest BCUT2D eigenvalue weighted by Gasteiger charge is 2.14. The number of aliphatic hydroxyl groups is 1. The highest BCUT2D eigenvalue weighted by atomic mass is 16.3. The quantitative estimate of drug-likeness (QED) is 0.761. The lowest BCUT2D eigenvalue weighted by Gasteiger charge is -2.18. The summed E-state index contributed by atoms with van der Waals surface area (Å²) in [7, 11) is 0. The molecule has 1 heterocycles. The lowest BCUT2D eigenvalue weighted by atomic mass is 10.1. The van der Waals surface area contributed by atoms with Crippen molar-refractivity contribution in [2.75, 3.05) is 18.5 Å². The molecule has 19 heavy (non-hydrogen) atoms. The van der Waals surface area contributed by atoms with E-state index in [4.69, 9.17) is 5.11 Å². The summed E-state index contributed by atoms with van der Waals surface area (Å²) in [6, 6.07) is -0.252. The molecule has 6 heteroatoms. The third kappa shape index (κ3) is 5.30. The smallest absolute Gasteiger partial charge is 0.319 e. The van der Waals surface area contributed by atoms with Crippen LogP contribution in [0.15, 0.2) is 12.4 Å². The molecule has 6 nitrogen and oxygen atoms in total. The Balaban J connectivity index is 2.42. The van der Waals surface area contributed by atoms with Gasteiger partial charge in [-0.2, -0.15) is 5.10 Å². The van der Waals surface area contributed by atoms with E-state index in [0.717, 1.165) is 0 Å². The van der Waals surface area contributed by atoms with E-state index in [-0.39, 0.29) is 24.1 Å². The molecule has 0 saturated heterocycles. The fourth-order valence-electron chi connectivity index (χ4n) is 1.52. The molecule has 0 saturated carbocycles. The fourth-order valence-corrected chi connectivity index (χ4v) is 1.52. The summed E-state index contributed by atoms with van der Waals surface area (Å²) in [6.45, 7) is 8.79. The Morgan fingerprint density at radius 1 is 1.53 bits per heavy atom. The Morgan fingerprint density at radius 3 is 2.74 bits per heavy atom. The van der Waals surface area contributed by atoms with Gasteiger partial charge >= 0.3 is 6.03 Å². The van der Waals surface area contributed by atoms with Crippen LogP contribution >= 0.6 is 0 Å². The minimum atomic E-state index is -0.252. The van der Waals surface area contributed by atoms with Crippen LogP contribution in [0.1, 0.15) is 34.1 Å². The summed E-state index contributed by atoms with van der Waals surface area (Å²) < 4.78 is 1.80. The molecule has 0 radical (unpaired) electrons. The van der Waals surface area contributed by atoms with Crippen LogP contribution < -0.4 is 10.6 Å². The van der Waals surface area contributed by atoms with E-state index >= 15 is 0 Å². The van der Waals surface area contributed by atoms with Crippen molar-refractivity contribution in [3.05, 3.63) is 12.4 Å². The zero-order chi connectivity index (χ0) is 14.5. The van der Waals surface area contributed by atoms with Crippen molar-refractivity contribution in [1.29, 1.82) is 0 Å². The molecular formula is C13H24N4O2. The first-order valence-corrected chi connectivity index (χ1v) is 6.54. The van der Waals surface area contributed by atoms with E-state index in [1.807, 2.05) is 27.7 Å². The summed E-state index contributed by atoms with van der Waals surface area (Å²) in [5, 5.41) is 18.5. The Morgan fingerprint density at radius 2 is 2.21 bits per heavy atom. The molecule has 1 atom stereocenters. The number of amides is 2. The van der Waals surface area contributed by atoms with Gasteiger partial charge in [0, 0.05) is 19.3 Å². The van der Waals surface area contributed by atoms with Crippen molar-refractivity contribution >= 4 is 11.7 Å². The van der Waals surface area contributed by atoms with Crippen LogP contribution in [0.3, 0.4) is 0 Å². The van der Waals surface area contributed by atoms with Gasteiger partial charge in [0.15, 0.2) is 0 Å². The highest BCUT2D eigenvalue weighted by Crippen LogP contribution is 2.15. The first kappa shape index (κ1) is 15.5. The molecule has 2 amide bonds. The van der Waals surface area contributed by atoms with Gasteiger partial charge in [-0.25, -0.2) is 4.79 Å². The summed E-state index contributed by atoms with van der Waals surface area (Å²) in [5.74, 6) is 0.257. The van der Waals surface area contributed by atoms with E-state index in [0.29, 0.717) is 18.7 Å². The zero-order valence-corrected chi connectivity index (χ0v) is 12.1. The van der Waals surface area contributed by atoms with Crippen molar-refractivity contribution in [1.82, 2.24) is 15.1 Å². The van der Waals surface area contributed by atoms with Crippen molar-refractivity contribution in [3.8, 4) is 0 Å². The number of aliphatic hydroxyl groups excluding tert-OH is 1. The van der Waals surface area contributed by atoms with E-state index in [9.17, 15) is 4.79 Å². The predicted molar refractivity (Wildman–Crippen MR) is 75.1 cm³/mol. The largest absolute Gasteiger partial charge is 0.396 e. The number of carbonyl (C=O) groups is 1. The highest BCUT2D eigenvalue weighted by molar-refractivity contribution is 5.88. The van der Waals surface area contributed by atoms with Crippen LogP contribution in [0.25, 0.3) is 0 Å². The molecule has 0 aliphatic rings. The van der Waals surface area contributed by atoms with Gasteiger partial charge in [0.05, 0.1) is 17.4 Å². The number of hydrogen-bond donors (Lipinski definition) is 3. The predicted octanol–water partition coefficient (Wildman–Crippen LogP) is 1.78. The summed E-state index contributed by atoms with van der Waals surface area (Å²) in [5.41, 5.74) is 0.564. The number of rotatable bonds is 5. The SMILES string of the molecule is CC(CCO)CNC(=O)Nc1cnn(C(C)(C)C)c1. The standard InChI is InChI=1S/C13H24N4O2/c1-10(5-6-18)7-14-12(19)16-11-8-15-17(9-11)13(2,3)4/h8-10,18H,5-7H2,1-4H3,(H2,14,16,19). The molecule has 1 aromatic heterocycles. The first-order chi connectivity index (χ1) is 8.82. The van der Waals surface area contributed by atoms with E-state index < -0.39 is 0 Å². The summed E-state index contributed by atoms with van der Waals surface area (Å²) in [4.78, 5) is 11.7. The van der Waals surface area contributed by atoms with Crippen LogP contribution in [-0.2, 0) is 5.54 Å². The third-order valence-electron chi connectivity index (χ3n) is 2.76. The molecular weight excluding hydrogens is 244 g/mol. The second kappa shape index (κ2) is 6.56. The second-order valence-corrected chi connectivity index (χ2v) is 5.80. The average Bonchev–Trinajstić information content (AvgIpc) is 2.75. The number of nitrogens with zero attached hydrogens (tertiary/aromatic N) is 2. The van der Waals surface area contributed by atoms with Gasteiger partial charge in [-0.05, 0) is 33.1 Å². The van der Waals surface area contributed by atoms with Gasteiger partial charge in [-0.3, -0.25) is 4.68 Å². The number of anilines is 1. The molecule has 0 bridgehead atoms. The molecule has 0 spiro atoms. The summed E-state index contributed by atoms with van der Waals surface area (Å²) in [6.07, 6.45) is 4.11. The molecule has 0 aliphatic heterocycles. The topological polar surface area (TPSA) is 79.2 Å². The Labute approximate surface area is 114 Å². The van der Waals surface area contributed by atoms with Gasteiger partial charge < -0.3 is 15.7 Å². The Kier molecular flexibility index (Phi) is 5.35. The van der Waals surface area contributed by atoms with Crippen LogP contribution in [-0.4, -0.2) is 34.1 Å². The molecule has 1 unspecified atom stereocenters. The van der Waals surface area contributed by atoms with Crippen molar-refractivity contribution in [2.24, 2.45) is 5.92 Å². The van der Waals surface area contributed by atoms with Crippen LogP contribution in [0.2, 0.25) is 0 Å². The normalized spacial score (nSPS) is 13.1. The first-order valence-electron chi connectivity index (χ1n) is 6.54. The lowest BCUT2D eigenvalue weighted by molar-refractivity contribution is 0.243. The minimum absolute atomic E-state index is 0.105. The number of aromatic nitrogens is 2. The van der Waals surface area contributed by atoms with Crippen molar-refractivity contribution in [3.63, 3.8) is 0 Å². The minimum Gasteiger partial charge on any atom is -0.396 e. The Bertz CT molecular complexity index is 409. The number of nitrogens with one attached hydrogen (secondary N) is 2. The van der Waals surface area contributed by atoms with E-state index in [1.54, 1.807) is 17.1 Å². The van der Waals surface area contributed by atoms with Gasteiger partial charge in [0.1, 0.15) is 0 Å². The molecule has 108 valence electrons. The fraction of sp³-hybridized carbons (Fsp3) is 0.692. The average molecular weight is 268 g/mol.